The normalized spacial score (nSPS) is 10.8. The van der Waals surface area contributed by atoms with Crippen molar-refractivity contribution in [3.05, 3.63) is 23.0 Å². The lowest BCUT2D eigenvalue weighted by atomic mass is 10.3. The summed E-state index contributed by atoms with van der Waals surface area (Å²) in [6.45, 7) is 0. The summed E-state index contributed by atoms with van der Waals surface area (Å²) in [5, 5.41) is 3.29. The second-order valence-electron chi connectivity index (χ2n) is 3.59. The van der Waals surface area contributed by atoms with E-state index in [1.807, 2.05) is 0 Å². The molecule has 0 saturated heterocycles. The van der Waals surface area contributed by atoms with Crippen LogP contribution in [0.15, 0.2) is 12.1 Å². The third-order valence-electron chi connectivity index (χ3n) is 2.20. The third kappa shape index (κ3) is 3.10. The van der Waals surface area contributed by atoms with Gasteiger partial charge in [0.05, 0.1) is 9.72 Å². The highest BCUT2D eigenvalue weighted by atomic mass is 35.5. The van der Waals surface area contributed by atoms with Gasteiger partial charge in [-0.3, -0.25) is 4.79 Å². The fourth-order valence-electron chi connectivity index (χ4n) is 1.42. The molecule has 0 spiro atoms. The largest absolute Gasteiger partial charge is 0.302 e. The third-order valence-corrected chi connectivity index (χ3v) is 3.67. The Morgan fingerprint density at radius 2 is 2.28 bits per heavy atom. The summed E-state index contributed by atoms with van der Waals surface area (Å²) >= 11 is 12.6. The van der Waals surface area contributed by atoms with Crippen LogP contribution in [-0.2, 0) is 4.79 Å². The number of rotatable bonds is 4. The number of hydrogen-bond donors (Lipinski definition) is 1. The van der Waals surface area contributed by atoms with Gasteiger partial charge in [0.25, 0.3) is 0 Å². The number of nitrogens with one attached hydrogen (secondary N) is 1. The highest BCUT2D eigenvalue weighted by Gasteiger charge is 2.11. The predicted octanol–water partition coefficient (Wildman–Crippen LogP) is 4.05. The first kappa shape index (κ1) is 13.5. The van der Waals surface area contributed by atoms with Crippen LogP contribution < -0.4 is 5.32 Å². The number of hydrogen-bond acceptors (Lipinski definition) is 3. The molecule has 2 aromatic rings. The van der Waals surface area contributed by atoms with Crippen molar-refractivity contribution >= 4 is 55.8 Å². The van der Waals surface area contributed by atoms with Crippen molar-refractivity contribution in [2.45, 2.75) is 12.8 Å². The number of amides is 1. The van der Waals surface area contributed by atoms with Crippen LogP contribution in [0.4, 0.5) is 9.52 Å². The Kier molecular flexibility index (Phi) is 4.37. The van der Waals surface area contributed by atoms with Crippen molar-refractivity contribution in [2.75, 3.05) is 11.2 Å². The Morgan fingerprint density at radius 3 is 3.00 bits per heavy atom. The Morgan fingerprint density at radius 1 is 1.50 bits per heavy atom. The molecular weight excluding hydrogens is 298 g/mol. The molecular formula is C11H9Cl2FN2OS. The Bertz CT molecular complexity index is 588. The summed E-state index contributed by atoms with van der Waals surface area (Å²) in [7, 11) is 0. The second kappa shape index (κ2) is 5.82. The van der Waals surface area contributed by atoms with Crippen LogP contribution in [0.3, 0.4) is 0 Å². The topological polar surface area (TPSA) is 42.0 Å². The minimum Gasteiger partial charge on any atom is -0.302 e. The second-order valence-corrected chi connectivity index (χ2v) is 5.41. The molecule has 1 amide bonds. The summed E-state index contributed by atoms with van der Waals surface area (Å²) < 4.78 is 13.7. The summed E-state index contributed by atoms with van der Waals surface area (Å²) in [5.41, 5.74) is 0.496. The van der Waals surface area contributed by atoms with Gasteiger partial charge in [0.1, 0.15) is 11.3 Å². The molecule has 0 bridgehead atoms. The van der Waals surface area contributed by atoms with Gasteiger partial charge in [-0.1, -0.05) is 22.9 Å². The molecule has 1 aromatic heterocycles. The molecule has 0 aliphatic carbocycles. The molecule has 0 atom stereocenters. The smallest absolute Gasteiger partial charge is 0.226 e. The maximum Gasteiger partial charge on any atom is 0.226 e. The van der Waals surface area contributed by atoms with Gasteiger partial charge in [0.2, 0.25) is 5.91 Å². The highest BCUT2D eigenvalue weighted by molar-refractivity contribution is 7.22. The SMILES string of the molecule is O=C(CCCCl)Nc1nc2c(Cl)cc(F)cc2s1. The number of carbonyl (C=O) groups excluding carboxylic acids is 1. The lowest BCUT2D eigenvalue weighted by molar-refractivity contribution is -0.116. The number of benzene rings is 1. The number of anilines is 1. The first-order valence-electron chi connectivity index (χ1n) is 5.21. The molecule has 0 aliphatic heterocycles. The molecule has 2 rings (SSSR count). The average Bonchev–Trinajstić information content (AvgIpc) is 2.69. The van der Waals surface area contributed by atoms with Crippen LogP contribution in [0.5, 0.6) is 0 Å². The van der Waals surface area contributed by atoms with Gasteiger partial charge in [0, 0.05) is 12.3 Å². The van der Waals surface area contributed by atoms with Gasteiger partial charge in [0.15, 0.2) is 5.13 Å². The number of halogens is 3. The molecule has 0 aliphatic rings. The van der Waals surface area contributed by atoms with Crippen molar-refractivity contribution in [1.82, 2.24) is 4.98 Å². The van der Waals surface area contributed by atoms with Crippen LogP contribution in [0, 0.1) is 5.82 Å². The predicted molar refractivity (Wildman–Crippen MR) is 73.2 cm³/mol. The van der Waals surface area contributed by atoms with Gasteiger partial charge >= 0.3 is 0 Å². The molecule has 1 N–H and O–H groups in total. The fourth-order valence-corrected chi connectivity index (χ4v) is 2.79. The summed E-state index contributed by atoms with van der Waals surface area (Å²) in [6.07, 6.45) is 0.940. The zero-order valence-electron chi connectivity index (χ0n) is 9.17. The maximum atomic E-state index is 13.1. The van der Waals surface area contributed by atoms with Crippen LogP contribution in [0.25, 0.3) is 10.2 Å². The zero-order valence-corrected chi connectivity index (χ0v) is 11.5. The van der Waals surface area contributed by atoms with E-state index in [1.165, 1.54) is 23.5 Å². The first-order valence-corrected chi connectivity index (χ1v) is 6.94. The number of aromatic nitrogens is 1. The summed E-state index contributed by atoms with van der Waals surface area (Å²) in [4.78, 5) is 15.6. The molecule has 96 valence electrons. The quantitative estimate of drug-likeness (QED) is 0.866. The molecule has 7 heteroatoms. The van der Waals surface area contributed by atoms with E-state index in [1.54, 1.807) is 0 Å². The van der Waals surface area contributed by atoms with Gasteiger partial charge in [-0.05, 0) is 18.6 Å². The molecule has 1 heterocycles. The van der Waals surface area contributed by atoms with Gasteiger partial charge in [-0.15, -0.1) is 11.6 Å². The van der Waals surface area contributed by atoms with Crippen molar-refractivity contribution in [3.8, 4) is 0 Å². The lowest BCUT2D eigenvalue weighted by Crippen LogP contribution is -2.10. The Labute approximate surface area is 117 Å². The average molecular weight is 307 g/mol. The number of fused-ring (bicyclic) bond motifs is 1. The maximum absolute atomic E-state index is 13.1. The minimum absolute atomic E-state index is 0.161. The summed E-state index contributed by atoms with van der Waals surface area (Å²) in [6, 6.07) is 2.54. The standard InChI is InChI=1S/C11H9Cl2FN2OS/c12-3-1-2-9(17)15-11-16-10-7(13)4-6(14)5-8(10)18-11/h4-5H,1-3H2,(H,15,16,17). The number of thiazole rings is 1. The highest BCUT2D eigenvalue weighted by Crippen LogP contribution is 2.31. The molecule has 18 heavy (non-hydrogen) atoms. The molecule has 0 fully saturated rings. The van der Waals surface area contributed by atoms with Crippen LogP contribution in [-0.4, -0.2) is 16.8 Å². The van der Waals surface area contributed by atoms with Crippen molar-refractivity contribution in [2.24, 2.45) is 0 Å². The number of carbonyl (C=O) groups is 1. The van der Waals surface area contributed by atoms with Crippen molar-refractivity contribution in [3.63, 3.8) is 0 Å². The van der Waals surface area contributed by atoms with E-state index in [2.05, 4.69) is 10.3 Å². The Hall–Kier alpha value is -0.910. The zero-order chi connectivity index (χ0) is 13.1. The molecule has 0 saturated carbocycles. The number of nitrogens with zero attached hydrogens (tertiary/aromatic N) is 1. The lowest BCUT2D eigenvalue weighted by Gasteiger charge is -1.98. The van der Waals surface area contributed by atoms with E-state index in [9.17, 15) is 9.18 Å². The van der Waals surface area contributed by atoms with E-state index in [-0.39, 0.29) is 10.9 Å². The number of alkyl halides is 1. The van der Waals surface area contributed by atoms with E-state index < -0.39 is 5.82 Å². The molecule has 0 unspecified atom stereocenters. The van der Waals surface area contributed by atoms with E-state index in [0.29, 0.717) is 34.1 Å². The van der Waals surface area contributed by atoms with E-state index in [0.717, 1.165) is 0 Å². The first-order chi connectivity index (χ1) is 8.60. The minimum atomic E-state index is -0.420. The van der Waals surface area contributed by atoms with Gasteiger partial charge in [-0.2, -0.15) is 0 Å². The van der Waals surface area contributed by atoms with Crippen LogP contribution in [0.1, 0.15) is 12.8 Å². The molecule has 1 aromatic carbocycles. The van der Waals surface area contributed by atoms with E-state index >= 15 is 0 Å². The Balaban J connectivity index is 2.20. The molecule has 0 radical (unpaired) electrons. The van der Waals surface area contributed by atoms with Crippen LogP contribution >= 0.6 is 34.5 Å². The van der Waals surface area contributed by atoms with Gasteiger partial charge in [-0.25, -0.2) is 9.37 Å². The summed E-state index contributed by atoms with van der Waals surface area (Å²) in [5.74, 6) is -0.146. The fraction of sp³-hybridized carbons (Fsp3) is 0.273. The van der Waals surface area contributed by atoms with E-state index in [4.69, 9.17) is 23.2 Å². The molecule has 3 nitrogen and oxygen atoms in total. The van der Waals surface area contributed by atoms with Crippen molar-refractivity contribution in [1.29, 1.82) is 0 Å². The monoisotopic (exact) mass is 306 g/mol. The van der Waals surface area contributed by atoms with Crippen LogP contribution in [0.2, 0.25) is 5.02 Å². The van der Waals surface area contributed by atoms with Gasteiger partial charge < -0.3 is 5.32 Å². The van der Waals surface area contributed by atoms with Crippen molar-refractivity contribution < 1.29 is 9.18 Å².